The average Bonchev–Trinajstić information content (AvgIpc) is 2.38. The van der Waals surface area contributed by atoms with Crippen molar-refractivity contribution in [3.63, 3.8) is 0 Å². The van der Waals surface area contributed by atoms with E-state index in [1.165, 1.54) is 0 Å². The molecule has 5 heteroatoms. The van der Waals surface area contributed by atoms with E-state index in [0.29, 0.717) is 16.6 Å². The lowest BCUT2D eigenvalue weighted by Gasteiger charge is -2.32. The third-order valence-electron chi connectivity index (χ3n) is 3.28. The quantitative estimate of drug-likeness (QED) is 0.904. The minimum Gasteiger partial charge on any atom is -0.337 e. The Balaban J connectivity index is 2.15. The molecule has 1 aromatic carbocycles. The zero-order valence-corrected chi connectivity index (χ0v) is 12.6. The van der Waals surface area contributed by atoms with Gasteiger partial charge in [0.2, 0.25) is 0 Å². The standard InChI is InChI=1S/C13H16BrClN2O/c1-16-10-3-2-6-17(8-10)13(18)11-5-4-9(15)7-12(11)14/h4-5,7,10,16H,2-3,6,8H2,1H3. The molecule has 0 bridgehead atoms. The fraction of sp³-hybridized carbons (Fsp3) is 0.462. The van der Waals surface area contributed by atoms with E-state index in [1.54, 1.807) is 18.2 Å². The monoisotopic (exact) mass is 330 g/mol. The van der Waals surface area contributed by atoms with Crippen LogP contribution in [0.15, 0.2) is 22.7 Å². The van der Waals surface area contributed by atoms with Crippen molar-refractivity contribution in [3.05, 3.63) is 33.3 Å². The maximum atomic E-state index is 12.4. The Hall–Kier alpha value is -0.580. The number of likely N-dealkylation sites (N-methyl/N-ethyl adjacent to an activating group) is 1. The largest absolute Gasteiger partial charge is 0.337 e. The van der Waals surface area contributed by atoms with Gasteiger partial charge < -0.3 is 10.2 Å². The van der Waals surface area contributed by atoms with Gasteiger partial charge in [-0.2, -0.15) is 0 Å². The number of amides is 1. The molecular weight excluding hydrogens is 316 g/mol. The second-order valence-electron chi connectivity index (χ2n) is 4.50. The van der Waals surface area contributed by atoms with E-state index >= 15 is 0 Å². The average molecular weight is 332 g/mol. The first-order chi connectivity index (χ1) is 8.61. The number of nitrogens with zero attached hydrogens (tertiary/aromatic N) is 1. The molecule has 1 aliphatic heterocycles. The summed E-state index contributed by atoms with van der Waals surface area (Å²) in [7, 11) is 1.94. The minimum atomic E-state index is 0.0680. The highest BCUT2D eigenvalue weighted by atomic mass is 79.9. The summed E-state index contributed by atoms with van der Waals surface area (Å²) in [4.78, 5) is 14.3. The van der Waals surface area contributed by atoms with Crippen LogP contribution in [0.1, 0.15) is 23.2 Å². The van der Waals surface area contributed by atoms with E-state index in [-0.39, 0.29) is 5.91 Å². The third kappa shape index (κ3) is 3.05. The number of rotatable bonds is 2. The van der Waals surface area contributed by atoms with Crippen molar-refractivity contribution in [2.75, 3.05) is 20.1 Å². The molecule has 1 fully saturated rings. The highest BCUT2D eigenvalue weighted by Gasteiger charge is 2.24. The van der Waals surface area contributed by atoms with Crippen LogP contribution in [-0.2, 0) is 0 Å². The van der Waals surface area contributed by atoms with Gasteiger partial charge in [0.25, 0.3) is 5.91 Å². The summed E-state index contributed by atoms with van der Waals surface area (Å²) >= 11 is 9.29. The molecule has 0 radical (unpaired) electrons. The molecule has 1 amide bonds. The highest BCUT2D eigenvalue weighted by Crippen LogP contribution is 2.24. The lowest BCUT2D eigenvalue weighted by atomic mass is 10.0. The summed E-state index contributed by atoms with van der Waals surface area (Å²) < 4.78 is 0.756. The van der Waals surface area contributed by atoms with Gasteiger partial charge in [0.05, 0.1) is 5.56 Å². The van der Waals surface area contributed by atoms with E-state index in [0.717, 1.165) is 30.4 Å². The van der Waals surface area contributed by atoms with Gasteiger partial charge in [-0.1, -0.05) is 11.6 Å². The summed E-state index contributed by atoms with van der Waals surface area (Å²) in [6.07, 6.45) is 2.17. The molecule has 1 aliphatic rings. The van der Waals surface area contributed by atoms with Crippen LogP contribution < -0.4 is 5.32 Å². The number of hydrogen-bond acceptors (Lipinski definition) is 2. The molecule has 1 N–H and O–H groups in total. The number of halogens is 2. The molecule has 0 saturated carbocycles. The first kappa shape index (κ1) is 13.8. The number of piperidine rings is 1. The van der Waals surface area contributed by atoms with Gasteiger partial charge in [-0.25, -0.2) is 0 Å². The molecule has 2 rings (SSSR count). The third-order valence-corrected chi connectivity index (χ3v) is 4.17. The lowest BCUT2D eigenvalue weighted by molar-refractivity contribution is 0.0697. The van der Waals surface area contributed by atoms with Crippen molar-refractivity contribution in [2.24, 2.45) is 0 Å². The van der Waals surface area contributed by atoms with Crippen LogP contribution in [0.2, 0.25) is 5.02 Å². The fourth-order valence-corrected chi connectivity index (χ4v) is 3.08. The second-order valence-corrected chi connectivity index (χ2v) is 5.79. The maximum Gasteiger partial charge on any atom is 0.255 e. The van der Waals surface area contributed by atoms with Gasteiger partial charge in [-0.15, -0.1) is 0 Å². The number of carbonyl (C=O) groups excluding carboxylic acids is 1. The molecule has 0 aliphatic carbocycles. The van der Waals surface area contributed by atoms with Gasteiger partial charge in [-0.05, 0) is 54.0 Å². The van der Waals surface area contributed by atoms with Gasteiger partial charge in [0, 0.05) is 28.6 Å². The molecule has 3 nitrogen and oxygen atoms in total. The van der Waals surface area contributed by atoms with Crippen molar-refractivity contribution in [1.29, 1.82) is 0 Å². The summed E-state index contributed by atoms with van der Waals surface area (Å²) in [6.45, 7) is 1.59. The summed E-state index contributed by atoms with van der Waals surface area (Å²) in [6, 6.07) is 5.68. The first-order valence-corrected chi connectivity index (χ1v) is 7.20. The highest BCUT2D eigenvalue weighted by molar-refractivity contribution is 9.10. The van der Waals surface area contributed by atoms with Crippen molar-refractivity contribution in [3.8, 4) is 0 Å². The molecular formula is C13H16BrClN2O. The van der Waals surface area contributed by atoms with Crippen LogP contribution >= 0.6 is 27.5 Å². The van der Waals surface area contributed by atoms with E-state index in [9.17, 15) is 4.79 Å². The van der Waals surface area contributed by atoms with Gasteiger partial charge >= 0.3 is 0 Å². The van der Waals surface area contributed by atoms with E-state index in [4.69, 9.17) is 11.6 Å². The Labute approximate surface area is 121 Å². The molecule has 1 aromatic rings. The fourth-order valence-electron chi connectivity index (χ4n) is 2.23. The minimum absolute atomic E-state index is 0.0680. The van der Waals surface area contributed by atoms with Gasteiger partial charge in [-0.3, -0.25) is 4.79 Å². The van der Waals surface area contributed by atoms with Crippen molar-refractivity contribution < 1.29 is 4.79 Å². The van der Waals surface area contributed by atoms with Crippen LogP contribution in [0, 0.1) is 0 Å². The van der Waals surface area contributed by atoms with Gasteiger partial charge in [0.15, 0.2) is 0 Å². The van der Waals surface area contributed by atoms with Crippen LogP contribution in [0.3, 0.4) is 0 Å². The molecule has 1 saturated heterocycles. The smallest absolute Gasteiger partial charge is 0.255 e. The van der Waals surface area contributed by atoms with Crippen LogP contribution in [0.25, 0.3) is 0 Å². The summed E-state index contributed by atoms with van der Waals surface area (Å²) in [5.74, 6) is 0.0680. The number of nitrogens with one attached hydrogen (secondary N) is 1. The lowest BCUT2D eigenvalue weighted by Crippen LogP contribution is -2.47. The maximum absolute atomic E-state index is 12.4. The molecule has 0 aromatic heterocycles. The van der Waals surface area contributed by atoms with Crippen LogP contribution in [0.5, 0.6) is 0 Å². The SMILES string of the molecule is CNC1CCCN(C(=O)c2ccc(Cl)cc2Br)C1. The topological polar surface area (TPSA) is 32.3 Å². The molecule has 0 spiro atoms. The van der Waals surface area contributed by atoms with Gasteiger partial charge in [0.1, 0.15) is 0 Å². The Morgan fingerprint density at radius 2 is 2.33 bits per heavy atom. The zero-order valence-electron chi connectivity index (χ0n) is 10.2. The number of benzene rings is 1. The first-order valence-electron chi connectivity index (χ1n) is 6.03. The zero-order chi connectivity index (χ0) is 13.1. The predicted octanol–water partition coefficient (Wildman–Crippen LogP) is 2.93. The van der Waals surface area contributed by atoms with E-state index < -0.39 is 0 Å². The van der Waals surface area contributed by atoms with Crippen LogP contribution in [-0.4, -0.2) is 37.0 Å². The summed E-state index contributed by atoms with van der Waals surface area (Å²) in [5, 5.41) is 3.87. The molecule has 18 heavy (non-hydrogen) atoms. The van der Waals surface area contributed by atoms with E-state index in [2.05, 4.69) is 21.2 Å². The van der Waals surface area contributed by atoms with E-state index in [1.807, 2.05) is 11.9 Å². The molecule has 1 unspecified atom stereocenters. The predicted molar refractivity (Wildman–Crippen MR) is 77.1 cm³/mol. The Bertz CT molecular complexity index is 453. The summed E-state index contributed by atoms with van der Waals surface area (Å²) in [5.41, 5.74) is 0.677. The number of likely N-dealkylation sites (tertiary alicyclic amines) is 1. The second kappa shape index (κ2) is 6.04. The molecule has 1 heterocycles. The van der Waals surface area contributed by atoms with Crippen molar-refractivity contribution in [1.82, 2.24) is 10.2 Å². The normalized spacial score (nSPS) is 19.9. The Morgan fingerprint density at radius 3 is 3.00 bits per heavy atom. The number of hydrogen-bond donors (Lipinski definition) is 1. The Morgan fingerprint density at radius 1 is 1.56 bits per heavy atom. The number of carbonyl (C=O) groups is 1. The molecule has 1 atom stereocenters. The van der Waals surface area contributed by atoms with Crippen molar-refractivity contribution >= 4 is 33.4 Å². The van der Waals surface area contributed by atoms with Crippen molar-refractivity contribution in [2.45, 2.75) is 18.9 Å². The molecule has 98 valence electrons. The van der Waals surface area contributed by atoms with Crippen LogP contribution in [0.4, 0.5) is 0 Å². The Kier molecular flexibility index (Phi) is 4.65.